The Labute approximate surface area is 337 Å². The smallest absolute Gasteiger partial charge is 0.475 e. The lowest BCUT2D eigenvalue weighted by molar-refractivity contribution is -0.140. The van der Waals surface area contributed by atoms with E-state index in [1.54, 1.807) is 32.9 Å². The van der Waals surface area contributed by atoms with Gasteiger partial charge in [0, 0.05) is 17.7 Å². The summed E-state index contributed by atoms with van der Waals surface area (Å²) in [5.74, 6) is -4.37. The van der Waals surface area contributed by atoms with E-state index in [2.05, 4.69) is 30.6 Å². The second-order valence-corrected chi connectivity index (χ2v) is 14.6. The molecule has 0 saturated carbocycles. The summed E-state index contributed by atoms with van der Waals surface area (Å²) in [6, 6.07) is 10.1. The van der Waals surface area contributed by atoms with Gasteiger partial charge in [0.05, 0.1) is 44.9 Å². The first-order valence-corrected chi connectivity index (χ1v) is 20.7. The van der Waals surface area contributed by atoms with Crippen LogP contribution in [0.3, 0.4) is 0 Å². The number of para-hydroxylation sites is 1. The molecule has 0 aliphatic carbocycles. The predicted molar refractivity (Wildman–Crippen MR) is 209 cm³/mol. The van der Waals surface area contributed by atoms with Gasteiger partial charge in [-0.25, -0.2) is 24.1 Å². The van der Waals surface area contributed by atoms with E-state index >= 15 is 0 Å². The van der Waals surface area contributed by atoms with Gasteiger partial charge < -0.3 is 40.0 Å². The summed E-state index contributed by atoms with van der Waals surface area (Å²) >= 11 is 0. The van der Waals surface area contributed by atoms with E-state index in [0.717, 1.165) is 0 Å². The number of carboxylic acids is 1. The molecular formula is C35H43N7O15P2. The number of H-pyrrole nitrogens is 1. The van der Waals surface area contributed by atoms with E-state index in [4.69, 9.17) is 37.8 Å². The third-order valence-corrected chi connectivity index (χ3v) is 10.2. The molecule has 0 spiro atoms. The molecule has 1 amide bonds. The number of carbonyl (C=O) groups is 4. The minimum Gasteiger partial charge on any atom is -0.480 e. The average Bonchev–Trinajstić information content (AvgIpc) is 3.20. The van der Waals surface area contributed by atoms with Gasteiger partial charge in [-0.15, -0.1) is 0 Å². The molecule has 4 aromatic rings. The summed E-state index contributed by atoms with van der Waals surface area (Å²) in [6.07, 6.45) is -0.716. The second kappa shape index (κ2) is 22.5. The van der Waals surface area contributed by atoms with Gasteiger partial charge in [-0.05, 0) is 63.6 Å². The topological polar surface area (TPSA) is 309 Å². The SMILES string of the molecule is CCO[PH](=O)OCC(COC(=O)c1ccccc1OC(=O)CC[C@@H](NC(=O)c1ccc(NCc2cnc3nc(N)[nH]c(=O)c3n2)cc1)C(=O)O)OP(=O)(OCC)OCC. The number of hydrogen-bond donors (Lipinski definition) is 5. The fourth-order valence-electron chi connectivity index (χ4n) is 4.92. The highest BCUT2D eigenvalue weighted by atomic mass is 31.2. The number of nitrogens with zero attached hydrogens (tertiary/aromatic N) is 3. The zero-order valence-corrected chi connectivity index (χ0v) is 33.9. The van der Waals surface area contributed by atoms with E-state index in [0.29, 0.717) is 11.4 Å². The van der Waals surface area contributed by atoms with Gasteiger partial charge >= 0.3 is 34.0 Å². The fraction of sp³-hybridized carbons (Fsp3) is 0.371. The van der Waals surface area contributed by atoms with Crippen LogP contribution in [0.4, 0.5) is 11.6 Å². The molecule has 59 heavy (non-hydrogen) atoms. The number of rotatable bonds is 24. The van der Waals surface area contributed by atoms with Crippen molar-refractivity contribution < 1.29 is 65.5 Å². The molecule has 318 valence electrons. The lowest BCUT2D eigenvalue weighted by Crippen LogP contribution is -2.41. The minimum atomic E-state index is -4.14. The molecule has 24 heteroatoms. The largest absolute Gasteiger partial charge is 0.480 e. The number of aromatic amines is 1. The Morgan fingerprint density at radius 3 is 2.36 bits per heavy atom. The molecule has 0 aliphatic heterocycles. The zero-order valence-electron chi connectivity index (χ0n) is 32.0. The van der Waals surface area contributed by atoms with Gasteiger partial charge in [0.1, 0.15) is 30.1 Å². The maximum atomic E-state index is 13.1. The summed E-state index contributed by atoms with van der Waals surface area (Å²) in [5, 5.41) is 15.2. The van der Waals surface area contributed by atoms with Crippen LogP contribution in [0, 0.1) is 0 Å². The molecule has 22 nitrogen and oxygen atoms in total. The summed E-state index contributed by atoms with van der Waals surface area (Å²) < 4.78 is 61.4. The molecule has 0 bridgehead atoms. The number of nitrogens with two attached hydrogens (primary N) is 1. The Morgan fingerprint density at radius 2 is 1.68 bits per heavy atom. The van der Waals surface area contributed by atoms with Crippen molar-refractivity contribution in [1.29, 1.82) is 0 Å². The number of nitrogens with one attached hydrogen (secondary N) is 3. The van der Waals surface area contributed by atoms with Crippen LogP contribution in [-0.2, 0) is 52.6 Å². The van der Waals surface area contributed by atoms with Crippen molar-refractivity contribution in [2.45, 2.75) is 52.3 Å². The maximum absolute atomic E-state index is 13.1. The standard InChI is InChI=1S/C35H43N7O15P2/c1-4-52-58(49)53-20-24(57-59(50,54-5-2)55-6-3)19-51-34(48)25-9-7-8-10-27(25)56-28(43)16-15-26(33(46)47)40-31(44)21-11-13-22(14-12-21)37-17-23-18-38-30-29(39-23)32(45)42-35(36)41-30/h7-14,18,24,26,37,58H,4-6,15-17,19-20H2,1-3H3,(H,40,44)(H,46,47)(H3,36,38,41,42,45)/t24?,26-/m1/s1. The Hall–Kier alpha value is -5.60. The molecule has 6 N–H and O–H groups in total. The van der Waals surface area contributed by atoms with Gasteiger partial charge in [-0.3, -0.25) is 37.5 Å². The number of benzene rings is 2. The number of aromatic nitrogens is 4. The fourth-order valence-corrected chi connectivity index (χ4v) is 6.88. The van der Waals surface area contributed by atoms with Gasteiger partial charge in [0.15, 0.2) is 11.2 Å². The number of hydrogen-bond acceptors (Lipinski definition) is 19. The van der Waals surface area contributed by atoms with Gasteiger partial charge in [-0.2, -0.15) is 4.98 Å². The third-order valence-electron chi connectivity index (χ3n) is 7.58. The first kappa shape index (κ1) is 46.1. The summed E-state index contributed by atoms with van der Waals surface area (Å²) in [5.41, 5.74) is 6.02. The van der Waals surface area contributed by atoms with Crippen molar-refractivity contribution in [1.82, 2.24) is 25.3 Å². The highest BCUT2D eigenvalue weighted by Crippen LogP contribution is 2.50. The zero-order chi connectivity index (χ0) is 43.0. The number of esters is 2. The summed E-state index contributed by atoms with van der Waals surface area (Å²) in [4.78, 5) is 77.7. The molecule has 2 unspecified atom stereocenters. The number of nitrogen functional groups attached to an aromatic ring is 1. The number of anilines is 2. The highest BCUT2D eigenvalue weighted by molar-refractivity contribution is 7.48. The molecule has 0 fully saturated rings. The van der Waals surface area contributed by atoms with Gasteiger partial charge in [-0.1, -0.05) is 12.1 Å². The normalized spacial score (nSPS) is 12.9. The lowest BCUT2D eigenvalue weighted by Gasteiger charge is -2.23. The molecule has 4 rings (SSSR count). The molecule has 2 aromatic heterocycles. The van der Waals surface area contributed by atoms with Crippen LogP contribution in [0.25, 0.3) is 11.2 Å². The van der Waals surface area contributed by atoms with Crippen molar-refractivity contribution in [2.24, 2.45) is 0 Å². The minimum absolute atomic E-state index is 0.0168. The van der Waals surface area contributed by atoms with Crippen molar-refractivity contribution in [2.75, 3.05) is 44.1 Å². The van der Waals surface area contributed by atoms with Crippen molar-refractivity contribution in [3.8, 4) is 5.75 Å². The Kier molecular flexibility index (Phi) is 17.6. The quantitative estimate of drug-likeness (QED) is 0.0381. The number of ether oxygens (including phenoxy) is 2. The molecule has 0 radical (unpaired) electrons. The molecular weight excluding hydrogens is 820 g/mol. The van der Waals surface area contributed by atoms with Gasteiger partial charge in [0.25, 0.3) is 11.5 Å². The molecule has 3 atom stereocenters. The summed E-state index contributed by atoms with van der Waals surface area (Å²) in [7, 11) is -7.10. The monoisotopic (exact) mass is 863 g/mol. The highest BCUT2D eigenvalue weighted by Gasteiger charge is 2.32. The Morgan fingerprint density at radius 1 is 0.966 bits per heavy atom. The number of amides is 1. The van der Waals surface area contributed by atoms with Crippen molar-refractivity contribution >= 4 is 62.7 Å². The van der Waals surface area contributed by atoms with E-state index in [9.17, 15) is 38.2 Å². The molecule has 2 aromatic carbocycles. The van der Waals surface area contributed by atoms with Crippen LogP contribution in [-0.4, -0.2) is 94.0 Å². The van der Waals surface area contributed by atoms with Crippen LogP contribution < -0.4 is 26.7 Å². The van der Waals surface area contributed by atoms with Crippen molar-refractivity contribution in [3.05, 3.63) is 81.9 Å². The first-order valence-electron chi connectivity index (χ1n) is 18.0. The van der Waals surface area contributed by atoms with Crippen LogP contribution >= 0.6 is 16.1 Å². The number of carbonyl (C=O) groups excluding carboxylic acids is 3. The predicted octanol–water partition coefficient (Wildman–Crippen LogP) is 3.64. The molecule has 2 heterocycles. The summed E-state index contributed by atoms with van der Waals surface area (Å²) in [6.45, 7) is 3.81. The average molecular weight is 864 g/mol. The van der Waals surface area contributed by atoms with E-state index in [-0.39, 0.29) is 66.8 Å². The number of aliphatic carboxylic acids is 1. The lowest BCUT2D eigenvalue weighted by atomic mass is 10.1. The van der Waals surface area contributed by atoms with Crippen molar-refractivity contribution in [3.63, 3.8) is 0 Å². The van der Waals surface area contributed by atoms with E-state index in [1.807, 2.05) is 0 Å². The first-order chi connectivity index (χ1) is 28.2. The second-order valence-electron chi connectivity index (χ2n) is 11.9. The van der Waals surface area contributed by atoms with Crippen LogP contribution in [0.2, 0.25) is 0 Å². The Balaban J connectivity index is 1.31. The van der Waals surface area contributed by atoms with Gasteiger partial charge in [0.2, 0.25) is 5.95 Å². The van der Waals surface area contributed by atoms with E-state index < -0.39 is 77.2 Å². The number of fused-ring (bicyclic) bond motifs is 1. The van der Waals surface area contributed by atoms with Crippen LogP contribution in [0.1, 0.15) is 60.0 Å². The number of carboxylic acid groups (broad SMARTS) is 1. The Bertz CT molecular complexity index is 2220. The molecule has 0 saturated heterocycles. The van der Waals surface area contributed by atoms with E-state index in [1.165, 1.54) is 42.6 Å². The molecule has 0 aliphatic rings. The third kappa shape index (κ3) is 14.3. The number of phosphoric acid groups is 1. The van der Waals surface area contributed by atoms with Crippen LogP contribution in [0.5, 0.6) is 5.75 Å². The maximum Gasteiger partial charge on any atom is 0.475 e. The number of phosphoric ester groups is 1. The van der Waals surface area contributed by atoms with Crippen LogP contribution in [0.15, 0.2) is 59.5 Å².